The van der Waals surface area contributed by atoms with Crippen LogP contribution in [-0.2, 0) is 17.6 Å². The van der Waals surface area contributed by atoms with Crippen LogP contribution in [0.1, 0.15) is 32.0 Å². The Kier molecular flexibility index (Phi) is 5.03. The minimum Gasteiger partial charge on any atom is -0.497 e. The van der Waals surface area contributed by atoms with Crippen molar-refractivity contribution in [2.45, 2.75) is 33.6 Å². The number of aromatic nitrogens is 3. The molecule has 3 rings (SSSR count). The monoisotopic (exact) mass is 368 g/mol. The third-order valence-electron chi connectivity index (χ3n) is 4.31. The number of nitrogens with one attached hydrogen (secondary N) is 3. The minimum absolute atomic E-state index is 0.149. The number of carbonyl (C=O) groups excluding carboxylic acids is 1. The van der Waals surface area contributed by atoms with Gasteiger partial charge >= 0.3 is 0 Å². The zero-order valence-corrected chi connectivity index (χ0v) is 16.0. The van der Waals surface area contributed by atoms with Crippen LogP contribution in [0.5, 0.6) is 5.75 Å². The first-order chi connectivity index (χ1) is 12.8. The van der Waals surface area contributed by atoms with Crippen LogP contribution in [0.15, 0.2) is 35.1 Å². The number of fused-ring (bicyclic) bond motifs is 1. The quantitative estimate of drug-likeness (QED) is 0.644. The molecule has 0 aliphatic heterocycles. The van der Waals surface area contributed by atoms with Crippen molar-refractivity contribution in [1.82, 2.24) is 15.0 Å². The van der Waals surface area contributed by atoms with Gasteiger partial charge in [0, 0.05) is 11.1 Å². The number of carbonyl (C=O) groups is 1. The average molecular weight is 368 g/mol. The summed E-state index contributed by atoms with van der Waals surface area (Å²) in [5.41, 5.74) is 1.70. The van der Waals surface area contributed by atoms with Gasteiger partial charge in [0.1, 0.15) is 11.4 Å². The predicted molar refractivity (Wildman–Crippen MR) is 105 cm³/mol. The SMILES string of the molecule is COc1ccc(CCc2cc3c(=O)[nH]c(NC(=O)C(C)(C)C)nc3[nH]2)cc1. The smallest absolute Gasteiger partial charge is 0.261 e. The third kappa shape index (κ3) is 4.36. The number of methoxy groups -OCH3 is 1. The molecule has 7 nitrogen and oxygen atoms in total. The van der Waals surface area contributed by atoms with Gasteiger partial charge < -0.3 is 9.72 Å². The molecule has 27 heavy (non-hydrogen) atoms. The summed E-state index contributed by atoms with van der Waals surface area (Å²) in [6.07, 6.45) is 1.56. The number of anilines is 1. The number of amides is 1. The van der Waals surface area contributed by atoms with Gasteiger partial charge in [0.25, 0.3) is 5.56 Å². The summed E-state index contributed by atoms with van der Waals surface area (Å²) < 4.78 is 5.16. The number of hydrogen-bond donors (Lipinski definition) is 3. The van der Waals surface area contributed by atoms with E-state index in [1.165, 1.54) is 5.56 Å². The molecule has 0 saturated carbocycles. The number of benzene rings is 1. The first-order valence-electron chi connectivity index (χ1n) is 8.82. The zero-order chi connectivity index (χ0) is 19.6. The molecule has 0 spiro atoms. The molecular formula is C20H24N4O3. The fraction of sp³-hybridized carbons (Fsp3) is 0.350. The molecule has 0 radical (unpaired) electrons. The molecule has 1 amide bonds. The van der Waals surface area contributed by atoms with Crippen LogP contribution in [0.25, 0.3) is 11.0 Å². The van der Waals surface area contributed by atoms with Crippen LogP contribution in [0.2, 0.25) is 0 Å². The lowest BCUT2D eigenvalue weighted by molar-refractivity contribution is -0.123. The fourth-order valence-corrected chi connectivity index (χ4v) is 2.63. The Morgan fingerprint density at radius 3 is 2.48 bits per heavy atom. The standard InChI is InChI=1S/C20H24N4O3/c1-20(2,3)18(26)24-19-22-16-15(17(25)23-19)11-13(21-16)8-5-12-6-9-14(27-4)10-7-12/h6-7,9-11H,5,8H2,1-4H3,(H3,21,22,23,24,25,26). The van der Waals surface area contributed by atoms with Crippen molar-refractivity contribution in [1.29, 1.82) is 0 Å². The Bertz CT molecular complexity index is 1010. The van der Waals surface area contributed by atoms with Crippen molar-refractivity contribution in [3.8, 4) is 5.75 Å². The van der Waals surface area contributed by atoms with E-state index in [0.717, 1.165) is 24.3 Å². The number of H-pyrrole nitrogens is 2. The maximum absolute atomic E-state index is 12.3. The molecule has 0 aliphatic rings. The van der Waals surface area contributed by atoms with Crippen molar-refractivity contribution in [3.05, 3.63) is 51.9 Å². The topological polar surface area (TPSA) is 99.9 Å². The second-order valence-corrected chi connectivity index (χ2v) is 7.52. The molecule has 2 aromatic heterocycles. The van der Waals surface area contributed by atoms with Crippen molar-refractivity contribution in [2.75, 3.05) is 12.4 Å². The highest BCUT2D eigenvalue weighted by atomic mass is 16.5. The second-order valence-electron chi connectivity index (χ2n) is 7.52. The highest BCUT2D eigenvalue weighted by molar-refractivity contribution is 5.93. The van der Waals surface area contributed by atoms with E-state index < -0.39 is 5.41 Å². The zero-order valence-electron chi connectivity index (χ0n) is 16.0. The first kappa shape index (κ1) is 18.7. The van der Waals surface area contributed by atoms with E-state index >= 15 is 0 Å². The largest absolute Gasteiger partial charge is 0.497 e. The summed E-state index contributed by atoms with van der Waals surface area (Å²) in [6.45, 7) is 5.39. The van der Waals surface area contributed by atoms with Gasteiger partial charge in [-0.15, -0.1) is 0 Å². The van der Waals surface area contributed by atoms with E-state index in [2.05, 4.69) is 20.3 Å². The molecule has 2 heterocycles. The van der Waals surface area contributed by atoms with Crippen LogP contribution in [-0.4, -0.2) is 28.0 Å². The van der Waals surface area contributed by atoms with E-state index in [4.69, 9.17) is 4.74 Å². The van der Waals surface area contributed by atoms with Crippen LogP contribution >= 0.6 is 0 Å². The van der Waals surface area contributed by atoms with Crippen molar-refractivity contribution in [3.63, 3.8) is 0 Å². The summed E-state index contributed by atoms with van der Waals surface area (Å²) in [5.74, 6) is 0.761. The summed E-state index contributed by atoms with van der Waals surface area (Å²) in [4.78, 5) is 34.5. The van der Waals surface area contributed by atoms with Crippen LogP contribution in [0, 0.1) is 5.41 Å². The average Bonchev–Trinajstić information content (AvgIpc) is 3.03. The van der Waals surface area contributed by atoms with E-state index in [0.29, 0.717) is 11.0 Å². The highest BCUT2D eigenvalue weighted by Gasteiger charge is 2.22. The summed E-state index contributed by atoms with van der Waals surface area (Å²) in [5, 5.41) is 3.14. The van der Waals surface area contributed by atoms with Gasteiger partial charge in [0.05, 0.1) is 12.5 Å². The highest BCUT2D eigenvalue weighted by Crippen LogP contribution is 2.17. The van der Waals surface area contributed by atoms with Gasteiger partial charge in [-0.25, -0.2) is 0 Å². The first-order valence-corrected chi connectivity index (χ1v) is 8.82. The maximum atomic E-state index is 12.3. The molecule has 0 aliphatic carbocycles. The fourth-order valence-electron chi connectivity index (χ4n) is 2.63. The lowest BCUT2D eigenvalue weighted by atomic mass is 9.96. The van der Waals surface area contributed by atoms with Crippen molar-refractivity contribution < 1.29 is 9.53 Å². The molecule has 0 fully saturated rings. The number of hydrogen-bond acceptors (Lipinski definition) is 4. The van der Waals surface area contributed by atoms with E-state index in [9.17, 15) is 9.59 Å². The van der Waals surface area contributed by atoms with Crippen molar-refractivity contribution in [2.24, 2.45) is 5.41 Å². The molecule has 0 unspecified atom stereocenters. The summed E-state index contributed by atoms with van der Waals surface area (Å²) in [7, 11) is 1.64. The Hall–Kier alpha value is -3.09. The minimum atomic E-state index is -0.577. The number of nitrogens with zero attached hydrogens (tertiary/aromatic N) is 1. The van der Waals surface area contributed by atoms with Crippen molar-refractivity contribution >= 4 is 22.9 Å². The molecule has 3 aromatic rings. The van der Waals surface area contributed by atoms with Crippen LogP contribution in [0.4, 0.5) is 5.95 Å². The molecule has 142 valence electrons. The van der Waals surface area contributed by atoms with Gasteiger partial charge in [-0.1, -0.05) is 32.9 Å². The van der Waals surface area contributed by atoms with Crippen LogP contribution in [0.3, 0.4) is 0 Å². The van der Waals surface area contributed by atoms with Gasteiger partial charge in [-0.3, -0.25) is 19.9 Å². The Labute approximate surface area is 157 Å². The normalized spacial score (nSPS) is 11.6. The number of aryl methyl sites for hydroxylation is 2. The summed E-state index contributed by atoms with van der Waals surface area (Å²) >= 11 is 0. The lowest BCUT2D eigenvalue weighted by Gasteiger charge is -2.16. The lowest BCUT2D eigenvalue weighted by Crippen LogP contribution is -2.29. The molecular weight excluding hydrogens is 344 g/mol. The number of rotatable bonds is 5. The van der Waals surface area contributed by atoms with Crippen LogP contribution < -0.4 is 15.6 Å². The van der Waals surface area contributed by atoms with E-state index in [1.807, 2.05) is 24.3 Å². The van der Waals surface area contributed by atoms with E-state index in [-0.39, 0.29) is 17.4 Å². The number of ether oxygens (including phenoxy) is 1. The van der Waals surface area contributed by atoms with Gasteiger partial charge in [-0.2, -0.15) is 4.98 Å². The number of aromatic amines is 2. The molecule has 3 N–H and O–H groups in total. The Balaban J connectivity index is 1.77. The van der Waals surface area contributed by atoms with E-state index in [1.54, 1.807) is 33.9 Å². The van der Waals surface area contributed by atoms with Gasteiger partial charge in [0.2, 0.25) is 11.9 Å². The maximum Gasteiger partial charge on any atom is 0.261 e. The predicted octanol–water partition coefficient (Wildman–Crippen LogP) is 3.03. The second kappa shape index (κ2) is 7.26. The van der Waals surface area contributed by atoms with Gasteiger partial charge in [0.15, 0.2) is 0 Å². The third-order valence-corrected chi connectivity index (χ3v) is 4.31. The Morgan fingerprint density at radius 1 is 1.15 bits per heavy atom. The summed E-state index contributed by atoms with van der Waals surface area (Å²) in [6, 6.07) is 9.70. The molecule has 0 saturated heterocycles. The molecule has 0 atom stereocenters. The molecule has 1 aromatic carbocycles. The molecule has 0 bridgehead atoms. The Morgan fingerprint density at radius 2 is 1.85 bits per heavy atom. The van der Waals surface area contributed by atoms with Gasteiger partial charge in [-0.05, 0) is 36.6 Å². The molecule has 7 heteroatoms.